The van der Waals surface area contributed by atoms with E-state index in [1.54, 1.807) is 0 Å². The summed E-state index contributed by atoms with van der Waals surface area (Å²) in [6, 6.07) is 0. The molecule has 0 radical (unpaired) electrons. The number of nitrogens with zero attached hydrogens (tertiary/aromatic N) is 2. The molecule has 0 saturated heterocycles. The molecule has 0 aromatic rings. The van der Waals surface area contributed by atoms with Gasteiger partial charge < -0.3 is 5.11 Å². The Balaban J connectivity index is 0.00000178. The van der Waals surface area contributed by atoms with Crippen LogP contribution in [0.1, 0.15) is 117 Å². The zero-order chi connectivity index (χ0) is 21.8. The van der Waals surface area contributed by atoms with Crippen LogP contribution in [0.2, 0.25) is 0 Å². The molecule has 0 spiro atoms. The average molecular weight is 413 g/mol. The van der Waals surface area contributed by atoms with Gasteiger partial charge in [-0.1, -0.05) is 90.4 Å². The Morgan fingerprint density at radius 3 is 1.62 bits per heavy atom. The molecule has 2 unspecified atom stereocenters. The van der Waals surface area contributed by atoms with E-state index >= 15 is 0 Å². The second kappa shape index (κ2) is 19.0. The number of rotatable bonds is 17. The van der Waals surface area contributed by atoms with Gasteiger partial charge in [0.2, 0.25) is 0 Å². The highest BCUT2D eigenvalue weighted by Crippen LogP contribution is 2.17. The molecule has 3 N–H and O–H groups in total. The lowest BCUT2D eigenvalue weighted by Crippen LogP contribution is -2.56. The molecule has 0 saturated carbocycles. The monoisotopic (exact) mass is 412 g/mol. The van der Waals surface area contributed by atoms with Crippen molar-refractivity contribution in [1.29, 1.82) is 0 Å². The molecule has 2 atom stereocenters. The Morgan fingerprint density at radius 2 is 1.31 bits per heavy atom. The Hall–Kier alpha value is -0.940. The summed E-state index contributed by atoms with van der Waals surface area (Å²) in [7, 11) is 0. The average Bonchev–Trinajstić information content (AvgIpc) is 3.15. The van der Waals surface area contributed by atoms with E-state index in [1.165, 1.54) is 103 Å². The minimum Gasteiger partial charge on any atom is -0.481 e. The maximum absolute atomic E-state index is 9.00. The van der Waals surface area contributed by atoms with Gasteiger partial charge in [0.25, 0.3) is 5.97 Å². The Labute approximate surface area is 180 Å². The molecule has 5 heteroatoms. The van der Waals surface area contributed by atoms with E-state index in [2.05, 4.69) is 25.2 Å². The number of aliphatic carboxylic acids is 1. The van der Waals surface area contributed by atoms with Gasteiger partial charge in [0, 0.05) is 13.8 Å². The number of hydrogen-bond acceptors (Lipinski definition) is 3. The molecule has 0 aromatic carbocycles. The number of nitrogens with two attached hydrogens (primary N) is 1. The van der Waals surface area contributed by atoms with Crippen LogP contribution < -0.4 is 5.73 Å². The summed E-state index contributed by atoms with van der Waals surface area (Å²) in [6.45, 7) is 8.75. The minimum absolute atomic E-state index is 0.192. The molecule has 0 aromatic heterocycles. The molecular weight excluding hydrogens is 362 g/mol. The van der Waals surface area contributed by atoms with Gasteiger partial charge in [0.05, 0.1) is 13.1 Å². The molecule has 1 aliphatic rings. The third kappa shape index (κ3) is 16.5. The molecule has 1 heterocycles. The van der Waals surface area contributed by atoms with Crippen molar-refractivity contribution in [3.05, 3.63) is 0 Å². The normalized spacial score (nSPS) is 19.0. The van der Waals surface area contributed by atoms with Crippen LogP contribution >= 0.6 is 0 Å². The van der Waals surface area contributed by atoms with Gasteiger partial charge in [0.15, 0.2) is 6.34 Å². The second-order valence-corrected chi connectivity index (χ2v) is 8.78. The quantitative estimate of drug-likeness (QED) is 0.223. The van der Waals surface area contributed by atoms with Crippen molar-refractivity contribution in [2.45, 2.75) is 123 Å². The summed E-state index contributed by atoms with van der Waals surface area (Å²) in [5.74, 6) is -0.833. The van der Waals surface area contributed by atoms with Crippen molar-refractivity contribution in [2.75, 3.05) is 19.6 Å². The summed E-state index contributed by atoms with van der Waals surface area (Å²) in [6.07, 6.45) is 23.7. The first-order valence-electron chi connectivity index (χ1n) is 12.3. The zero-order valence-electron chi connectivity index (χ0n) is 19.7. The molecule has 172 valence electrons. The Bertz CT molecular complexity index is 409. The van der Waals surface area contributed by atoms with Gasteiger partial charge in [-0.3, -0.25) is 15.0 Å². The number of carbonyl (C=O) groups is 1. The van der Waals surface area contributed by atoms with Gasteiger partial charge in [0.1, 0.15) is 12.7 Å². The van der Waals surface area contributed by atoms with E-state index < -0.39 is 5.97 Å². The van der Waals surface area contributed by atoms with Crippen LogP contribution in [0.15, 0.2) is 4.99 Å². The second-order valence-electron chi connectivity index (χ2n) is 8.78. The van der Waals surface area contributed by atoms with E-state index in [1.807, 2.05) is 0 Å². The summed E-state index contributed by atoms with van der Waals surface area (Å²) < 4.78 is 0.915. The topological polar surface area (TPSA) is 75.7 Å². The van der Waals surface area contributed by atoms with E-state index in [0.717, 1.165) is 24.5 Å². The molecule has 0 bridgehead atoms. The van der Waals surface area contributed by atoms with Crippen LogP contribution in [-0.2, 0) is 4.79 Å². The van der Waals surface area contributed by atoms with E-state index in [0.29, 0.717) is 0 Å². The SMILES string of the molecule is CC(=O)O.CCCCCCCCCCCCCCCCC[N+]1(C(C)N)C=NCC1. The molecule has 29 heavy (non-hydrogen) atoms. The molecule has 0 aliphatic carbocycles. The largest absolute Gasteiger partial charge is 0.481 e. The standard InChI is InChI=1S/C22H46N3.C2H4O2/c1-3-4-5-6-7-8-9-10-11-12-13-14-15-16-17-19-25(22(2)23)20-18-24-21-25;1-2(3)4/h21-22H,3-20,23H2,1-2H3;1H3,(H,3,4)/q+1;. The van der Waals surface area contributed by atoms with Crippen molar-refractivity contribution in [1.82, 2.24) is 0 Å². The molecule has 1 aliphatic heterocycles. The van der Waals surface area contributed by atoms with Crippen LogP contribution in [0.4, 0.5) is 0 Å². The van der Waals surface area contributed by atoms with Gasteiger partial charge in [-0.2, -0.15) is 0 Å². The first-order chi connectivity index (χ1) is 13.9. The molecule has 1 rings (SSSR count). The van der Waals surface area contributed by atoms with Crippen LogP contribution in [0.3, 0.4) is 0 Å². The van der Waals surface area contributed by atoms with Gasteiger partial charge in [-0.05, 0) is 12.8 Å². The smallest absolute Gasteiger partial charge is 0.300 e. The molecule has 0 fully saturated rings. The van der Waals surface area contributed by atoms with E-state index in [9.17, 15) is 0 Å². The van der Waals surface area contributed by atoms with Gasteiger partial charge in [-0.15, -0.1) is 0 Å². The summed E-state index contributed by atoms with van der Waals surface area (Å²) in [5, 5.41) is 7.42. The predicted octanol–water partition coefficient (Wildman–Crippen LogP) is 6.11. The van der Waals surface area contributed by atoms with Crippen LogP contribution in [-0.4, -0.2) is 47.7 Å². The van der Waals surface area contributed by atoms with Crippen molar-refractivity contribution in [3.63, 3.8) is 0 Å². The lowest BCUT2D eigenvalue weighted by molar-refractivity contribution is -0.853. The fourth-order valence-corrected chi connectivity index (χ4v) is 3.98. The Morgan fingerprint density at radius 1 is 0.931 bits per heavy atom. The number of hydrogen-bond donors (Lipinski definition) is 2. The highest BCUT2D eigenvalue weighted by molar-refractivity contribution is 5.62. The van der Waals surface area contributed by atoms with Crippen LogP contribution in [0.25, 0.3) is 0 Å². The summed E-state index contributed by atoms with van der Waals surface area (Å²) in [5.41, 5.74) is 6.17. The fraction of sp³-hybridized carbons (Fsp3) is 0.917. The minimum atomic E-state index is -0.833. The fourth-order valence-electron chi connectivity index (χ4n) is 3.98. The van der Waals surface area contributed by atoms with Crippen molar-refractivity contribution < 1.29 is 14.4 Å². The number of quaternary nitrogens is 1. The lowest BCUT2D eigenvalue weighted by atomic mass is 10.0. The van der Waals surface area contributed by atoms with E-state index in [4.69, 9.17) is 15.6 Å². The maximum atomic E-state index is 9.00. The number of unbranched alkanes of at least 4 members (excludes halogenated alkanes) is 14. The number of aliphatic imine (C=N–C) groups is 1. The number of carboxylic acid groups (broad SMARTS) is 1. The van der Waals surface area contributed by atoms with Crippen molar-refractivity contribution >= 4 is 12.3 Å². The predicted molar refractivity (Wildman–Crippen MR) is 125 cm³/mol. The molecule has 5 nitrogen and oxygen atoms in total. The van der Waals surface area contributed by atoms with Crippen molar-refractivity contribution in [2.24, 2.45) is 10.7 Å². The first-order valence-corrected chi connectivity index (χ1v) is 12.3. The van der Waals surface area contributed by atoms with Crippen LogP contribution in [0, 0.1) is 0 Å². The molecular formula is C24H50N3O2+. The number of carboxylic acids is 1. The zero-order valence-corrected chi connectivity index (χ0v) is 19.7. The molecule has 0 amide bonds. The summed E-state index contributed by atoms with van der Waals surface area (Å²) in [4.78, 5) is 13.4. The lowest BCUT2D eigenvalue weighted by Gasteiger charge is -2.34. The highest BCUT2D eigenvalue weighted by atomic mass is 16.4. The highest BCUT2D eigenvalue weighted by Gasteiger charge is 2.32. The first kappa shape index (κ1) is 28.1. The van der Waals surface area contributed by atoms with Gasteiger partial charge in [-0.25, -0.2) is 4.99 Å². The third-order valence-electron chi connectivity index (χ3n) is 5.95. The Kier molecular flexibility index (Phi) is 18.4. The van der Waals surface area contributed by atoms with Gasteiger partial charge >= 0.3 is 0 Å². The maximum Gasteiger partial charge on any atom is 0.300 e. The summed E-state index contributed by atoms with van der Waals surface area (Å²) >= 11 is 0. The third-order valence-corrected chi connectivity index (χ3v) is 5.95. The van der Waals surface area contributed by atoms with Crippen LogP contribution in [0.5, 0.6) is 0 Å². The van der Waals surface area contributed by atoms with Crippen molar-refractivity contribution in [3.8, 4) is 0 Å². The van der Waals surface area contributed by atoms with E-state index in [-0.39, 0.29) is 6.17 Å².